The second-order valence-corrected chi connectivity index (χ2v) is 8.98. The number of rotatable bonds is 6. The summed E-state index contributed by atoms with van der Waals surface area (Å²) < 4.78 is 0.526. The van der Waals surface area contributed by atoms with Gasteiger partial charge in [0, 0.05) is 10.00 Å². The molecular weight excluding hydrogens is 236 g/mol. The second kappa shape index (κ2) is 6.68. The highest BCUT2D eigenvalue weighted by atomic mass is 32.2. The molecule has 1 fully saturated rings. The second-order valence-electron chi connectivity index (χ2n) is 7.09. The molecule has 1 aliphatic rings. The van der Waals surface area contributed by atoms with Gasteiger partial charge in [-0.1, -0.05) is 48.0 Å². The van der Waals surface area contributed by atoms with Gasteiger partial charge >= 0.3 is 0 Å². The quantitative estimate of drug-likeness (QED) is 0.546. The maximum atomic E-state index is 2.47. The Labute approximate surface area is 120 Å². The SMILES string of the molecule is CCC(C)(CC)SC1CCC(C(C)(C)CC)CC1. The highest BCUT2D eigenvalue weighted by Gasteiger charge is 2.34. The minimum atomic E-state index is 0.526. The standard InChI is InChI=1S/C17H34S/c1-7-16(4,5)14-10-12-15(13-11-14)18-17(6,8-2)9-3/h14-15H,7-13H2,1-6H3. The van der Waals surface area contributed by atoms with E-state index < -0.39 is 0 Å². The van der Waals surface area contributed by atoms with Crippen molar-refractivity contribution in [3.8, 4) is 0 Å². The van der Waals surface area contributed by atoms with Crippen LogP contribution in [0.25, 0.3) is 0 Å². The lowest BCUT2D eigenvalue weighted by Gasteiger charge is -2.41. The average Bonchev–Trinajstić information content (AvgIpc) is 2.39. The minimum absolute atomic E-state index is 0.526. The van der Waals surface area contributed by atoms with Crippen LogP contribution in [0.1, 0.15) is 86.5 Å². The van der Waals surface area contributed by atoms with Gasteiger partial charge in [-0.2, -0.15) is 11.8 Å². The fourth-order valence-electron chi connectivity index (χ4n) is 3.07. The fourth-order valence-corrected chi connectivity index (χ4v) is 4.72. The number of hydrogen-bond donors (Lipinski definition) is 0. The molecule has 0 aromatic rings. The van der Waals surface area contributed by atoms with Gasteiger partial charge in [0.15, 0.2) is 0 Å². The first kappa shape index (κ1) is 16.4. The van der Waals surface area contributed by atoms with Crippen LogP contribution < -0.4 is 0 Å². The summed E-state index contributed by atoms with van der Waals surface area (Å²) in [7, 11) is 0. The van der Waals surface area contributed by atoms with Gasteiger partial charge in [0.1, 0.15) is 0 Å². The summed E-state index contributed by atoms with van der Waals surface area (Å²) in [6.07, 6.45) is 9.78. The molecule has 0 bridgehead atoms. The molecule has 108 valence electrons. The predicted molar refractivity (Wildman–Crippen MR) is 86.4 cm³/mol. The van der Waals surface area contributed by atoms with Gasteiger partial charge < -0.3 is 0 Å². The lowest BCUT2D eigenvalue weighted by atomic mass is 9.70. The van der Waals surface area contributed by atoms with Gasteiger partial charge in [-0.3, -0.25) is 0 Å². The molecule has 0 aliphatic heterocycles. The van der Waals surface area contributed by atoms with E-state index in [0.29, 0.717) is 10.2 Å². The van der Waals surface area contributed by atoms with E-state index in [1.165, 1.54) is 44.9 Å². The molecule has 1 heteroatoms. The molecule has 0 unspecified atom stereocenters. The molecule has 1 rings (SSSR count). The summed E-state index contributed by atoms with van der Waals surface area (Å²) in [4.78, 5) is 0. The van der Waals surface area contributed by atoms with Crippen molar-refractivity contribution in [2.75, 3.05) is 0 Å². The van der Waals surface area contributed by atoms with Crippen LogP contribution in [0, 0.1) is 11.3 Å². The average molecular weight is 271 g/mol. The number of thioether (sulfide) groups is 1. The Kier molecular flexibility index (Phi) is 6.09. The largest absolute Gasteiger partial charge is 0.152 e. The molecule has 0 aromatic heterocycles. The summed E-state index contributed by atoms with van der Waals surface area (Å²) in [5.74, 6) is 0.967. The highest BCUT2D eigenvalue weighted by molar-refractivity contribution is 8.01. The third kappa shape index (κ3) is 4.18. The van der Waals surface area contributed by atoms with Crippen molar-refractivity contribution in [1.29, 1.82) is 0 Å². The normalized spacial score (nSPS) is 26.3. The molecule has 0 atom stereocenters. The van der Waals surface area contributed by atoms with Crippen LogP contribution in [-0.4, -0.2) is 10.00 Å². The minimum Gasteiger partial charge on any atom is -0.152 e. The van der Waals surface area contributed by atoms with Gasteiger partial charge in [0.05, 0.1) is 0 Å². The van der Waals surface area contributed by atoms with Gasteiger partial charge in [-0.25, -0.2) is 0 Å². The van der Waals surface area contributed by atoms with Crippen molar-refractivity contribution in [3.63, 3.8) is 0 Å². The van der Waals surface area contributed by atoms with Gasteiger partial charge in [-0.15, -0.1) is 0 Å². The van der Waals surface area contributed by atoms with Crippen molar-refractivity contribution in [2.24, 2.45) is 11.3 Å². The molecule has 0 radical (unpaired) electrons. The van der Waals surface area contributed by atoms with Gasteiger partial charge in [0.2, 0.25) is 0 Å². The summed E-state index contributed by atoms with van der Waals surface area (Å²) in [6.45, 7) is 14.4. The molecule has 0 spiro atoms. The molecule has 1 saturated carbocycles. The van der Waals surface area contributed by atoms with Crippen LogP contribution in [0.15, 0.2) is 0 Å². The van der Waals surface area contributed by atoms with E-state index in [1.807, 2.05) is 0 Å². The van der Waals surface area contributed by atoms with Gasteiger partial charge in [0.25, 0.3) is 0 Å². The topological polar surface area (TPSA) is 0 Å². The Hall–Kier alpha value is 0.350. The maximum absolute atomic E-state index is 2.47. The first-order valence-electron chi connectivity index (χ1n) is 8.04. The molecule has 0 aromatic carbocycles. The first-order valence-corrected chi connectivity index (χ1v) is 8.92. The van der Waals surface area contributed by atoms with Crippen molar-refractivity contribution < 1.29 is 0 Å². The molecule has 0 amide bonds. The first-order chi connectivity index (χ1) is 8.37. The van der Waals surface area contributed by atoms with Crippen molar-refractivity contribution >= 4 is 11.8 Å². The van der Waals surface area contributed by atoms with Crippen LogP contribution >= 0.6 is 11.8 Å². The third-order valence-electron chi connectivity index (χ3n) is 5.64. The molecular formula is C17H34S. The van der Waals surface area contributed by atoms with Gasteiger partial charge in [-0.05, 0) is 49.9 Å². The van der Waals surface area contributed by atoms with Crippen molar-refractivity contribution in [3.05, 3.63) is 0 Å². The summed E-state index contributed by atoms with van der Waals surface area (Å²) >= 11 is 2.29. The van der Waals surface area contributed by atoms with Crippen LogP contribution in [-0.2, 0) is 0 Å². The Bertz CT molecular complexity index is 232. The zero-order valence-electron chi connectivity index (χ0n) is 13.5. The van der Waals surface area contributed by atoms with E-state index in [0.717, 1.165) is 11.2 Å². The summed E-state index contributed by atoms with van der Waals surface area (Å²) in [5, 5.41) is 0.929. The molecule has 0 N–H and O–H groups in total. The van der Waals surface area contributed by atoms with E-state index in [9.17, 15) is 0 Å². The summed E-state index contributed by atoms with van der Waals surface area (Å²) in [6, 6.07) is 0. The third-order valence-corrected chi connectivity index (χ3v) is 7.59. The van der Waals surface area contributed by atoms with Crippen LogP contribution in [0.2, 0.25) is 0 Å². The lowest BCUT2D eigenvalue weighted by molar-refractivity contribution is 0.154. The van der Waals surface area contributed by atoms with Crippen LogP contribution in [0.3, 0.4) is 0 Å². The Morgan fingerprint density at radius 3 is 1.72 bits per heavy atom. The fraction of sp³-hybridized carbons (Fsp3) is 1.00. The van der Waals surface area contributed by atoms with E-state index in [2.05, 4.69) is 53.3 Å². The van der Waals surface area contributed by atoms with Crippen LogP contribution in [0.5, 0.6) is 0 Å². The predicted octanol–water partition coefficient (Wildman–Crippen LogP) is 6.29. The lowest BCUT2D eigenvalue weighted by Crippen LogP contribution is -2.31. The van der Waals surface area contributed by atoms with E-state index in [1.54, 1.807) is 0 Å². The molecule has 0 saturated heterocycles. The maximum Gasteiger partial charge on any atom is 0.0129 e. The Morgan fingerprint density at radius 2 is 1.33 bits per heavy atom. The van der Waals surface area contributed by atoms with E-state index in [4.69, 9.17) is 0 Å². The monoisotopic (exact) mass is 270 g/mol. The smallest absolute Gasteiger partial charge is 0.0129 e. The number of hydrogen-bond acceptors (Lipinski definition) is 1. The van der Waals surface area contributed by atoms with E-state index >= 15 is 0 Å². The van der Waals surface area contributed by atoms with E-state index in [-0.39, 0.29) is 0 Å². The van der Waals surface area contributed by atoms with Crippen LogP contribution in [0.4, 0.5) is 0 Å². The zero-order chi connectivity index (χ0) is 13.8. The Balaban J connectivity index is 2.45. The highest BCUT2D eigenvalue weighted by Crippen LogP contribution is 2.46. The molecule has 18 heavy (non-hydrogen) atoms. The summed E-state index contributed by atoms with van der Waals surface area (Å²) in [5.41, 5.74) is 0.564. The zero-order valence-corrected chi connectivity index (χ0v) is 14.3. The van der Waals surface area contributed by atoms with Crippen molar-refractivity contribution in [2.45, 2.75) is 96.5 Å². The molecule has 0 nitrogen and oxygen atoms in total. The molecule has 0 heterocycles. The Morgan fingerprint density at radius 1 is 0.833 bits per heavy atom. The molecule has 1 aliphatic carbocycles. The van der Waals surface area contributed by atoms with Crippen molar-refractivity contribution in [1.82, 2.24) is 0 Å².